The maximum Gasteiger partial charge on any atom is 0.231 e. The van der Waals surface area contributed by atoms with Gasteiger partial charge in [-0.05, 0) is 48.2 Å². The number of rotatable bonds is 5. The van der Waals surface area contributed by atoms with Gasteiger partial charge in [0.2, 0.25) is 12.7 Å². The number of guanidine groups is 1. The number of nitrogens with zero attached hydrogens (tertiary/aromatic N) is 2. The highest BCUT2D eigenvalue weighted by atomic mass is 16.7. The first-order valence-corrected chi connectivity index (χ1v) is 9.95. The number of anilines is 1. The largest absolute Gasteiger partial charge is 0.454 e. The zero-order chi connectivity index (χ0) is 20.1. The summed E-state index contributed by atoms with van der Waals surface area (Å²) in [6.45, 7) is 2.37. The molecule has 1 fully saturated rings. The average molecular weight is 394 g/mol. The topological polar surface area (TPSA) is 75.2 Å². The zero-order valence-electron chi connectivity index (χ0n) is 16.6. The maximum atomic E-state index is 12.1. The second-order valence-electron chi connectivity index (χ2n) is 7.14. The second-order valence-corrected chi connectivity index (χ2v) is 7.14. The summed E-state index contributed by atoms with van der Waals surface area (Å²) in [5.41, 5.74) is 3.20. The second kappa shape index (κ2) is 8.86. The highest BCUT2D eigenvalue weighted by Gasteiger charge is 2.19. The summed E-state index contributed by atoms with van der Waals surface area (Å²) in [4.78, 5) is 18.2. The summed E-state index contributed by atoms with van der Waals surface area (Å²) in [6.07, 6.45) is 2.71. The van der Waals surface area contributed by atoms with Crippen LogP contribution in [0.1, 0.15) is 30.4 Å². The molecule has 0 bridgehead atoms. The van der Waals surface area contributed by atoms with E-state index in [1.54, 1.807) is 7.05 Å². The molecule has 0 aliphatic carbocycles. The zero-order valence-corrected chi connectivity index (χ0v) is 16.6. The highest BCUT2D eigenvalue weighted by Crippen LogP contribution is 2.32. The van der Waals surface area contributed by atoms with E-state index in [-0.39, 0.29) is 12.7 Å². The van der Waals surface area contributed by atoms with Gasteiger partial charge in [-0.25, -0.2) is 0 Å². The van der Waals surface area contributed by atoms with Gasteiger partial charge in [-0.2, -0.15) is 0 Å². The molecule has 2 aliphatic heterocycles. The Hall–Kier alpha value is -3.22. The molecule has 0 atom stereocenters. The number of ether oxygens (including phenoxy) is 2. The molecule has 0 spiro atoms. The fourth-order valence-corrected chi connectivity index (χ4v) is 3.52. The fraction of sp³-hybridized carbons (Fsp3) is 0.364. The van der Waals surface area contributed by atoms with E-state index in [1.807, 2.05) is 35.2 Å². The number of aliphatic imine (C=N–C) groups is 1. The Morgan fingerprint density at radius 1 is 1.00 bits per heavy atom. The normalized spacial score (nSPS) is 16.1. The lowest BCUT2D eigenvalue weighted by Gasteiger charge is -2.26. The van der Waals surface area contributed by atoms with E-state index in [2.05, 4.69) is 27.8 Å². The van der Waals surface area contributed by atoms with E-state index in [0.29, 0.717) is 19.5 Å². The van der Waals surface area contributed by atoms with Gasteiger partial charge in [0.25, 0.3) is 0 Å². The molecular formula is C22H26N4O3. The van der Waals surface area contributed by atoms with Crippen molar-refractivity contribution in [2.75, 3.05) is 25.3 Å². The van der Waals surface area contributed by atoms with Crippen LogP contribution in [0.15, 0.2) is 47.5 Å². The SMILES string of the molecule is CN=C(NCc1ccc(N2CCCCC2=O)cc1)NCc1ccc2c(c1)OCO2. The van der Waals surface area contributed by atoms with Gasteiger partial charge in [-0.1, -0.05) is 18.2 Å². The number of fused-ring (bicyclic) bond motifs is 1. The van der Waals surface area contributed by atoms with Gasteiger partial charge < -0.3 is 25.0 Å². The van der Waals surface area contributed by atoms with Gasteiger partial charge >= 0.3 is 0 Å². The molecule has 29 heavy (non-hydrogen) atoms. The smallest absolute Gasteiger partial charge is 0.231 e. The van der Waals surface area contributed by atoms with Crippen molar-refractivity contribution in [3.8, 4) is 11.5 Å². The van der Waals surface area contributed by atoms with Gasteiger partial charge in [-0.15, -0.1) is 0 Å². The van der Waals surface area contributed by atoms with Crippen LogP contribution in [0.2, 0.25) is 0 Å². The first-order chi connectivity index (χ1) is 14.2. The molecule has 152 valence electrons. The predicted octanol–water partition coefficient (Wildman–Crippen LogP) is 2.80. The Kier molecular flexibility index (Phi) is 5.84. The molecular weight excluding hydrogens is 368 g/mol. The maximum absolute atomic E-state index is 12.1. The summed E-state index contributed by atoms with van der Waals surface area (Å²) < 4.78 is 10.8. The third-order valence-electron chi connectivity index (χ3n) is 5.15. The van der Waals surface area contributed by atoms with Crippen molar-refractivity contribution in [1.29, 1.82) is 0 Å². The van der Waals surface area contributed by atoms with E-state index in [1.165, 1.54) is 0 Å². The summed E-state index contributed by atoms with van der Waals surface area (Å²) in [7, 11) is 1.75. The predicted molar refractivity (Wildman–Crippen MR) is 112 cm³/mol. The number of hydrogen-bond donors (Lipinski definition) is 2. The molecule has 1 amide bonds. The lowest BCUT2D eigenvalue weighted by Crippen LogP contribution is -2.36. The Labute approximate surface area is 170 Å². The quantitative estimate of drug-likeness (QED) is 0.603. The minimum Gasteiger partial charge on any atom is -0.454 e. The van der Waals surface area contributed by atoms with Gasteiger partial charge in [0, 0.05) is 38.8 Å². The highest BCUT2D eigenvalue weighted by molar-refractivity contribution is 5.93. The van der Waals surface area contributed by atoms with Crippen molar-refractivity contribution in [2.24, 2.45) is 4.99 Å². The average Bonchev–Trinajstić information content (AvgIpc) is 3.23. The summed E-state index contributed by atoms with van der Waals surface area (Å²) in [5.74, 6) is 2.50. The summed E-state index contributed by atoms with van der Waals surface area (Å²) >= 11 is 0. The lowest BCUT2D eigenvalue weighted by atomic mass is 10.1. The Morgan fingerprint density at radius 2 is 1.72 bits per heavy atom. The van der Waals surface area contributed by atoms with Crippen molar-refractivity contribution in [2.45, 2.75) is 32.4 Å². The van der Waals surface area contributed by atoms with Crippen LogP contribution in [-0.4, -0.2) is 32.3 Å². The van der Waals surface area contributed by atoms with Crippen molar-refractivity contribution in [1.82, 2.24) is 10.6 Å². The van der Waals surface area contributed by atoms with Crippen LogP contribution < -0.4 is 25.0 Å². The standard InChI is InChI=1S/C22H26N4O3/c1-23-22(25-14-17-7-10-19-20(12-17)29-15-28-19)24-13-16-5-8-18(9-6-16)26-11-3-2-4-21(26)27/h5-10,12H,2-4,11,13-15H2,1H3,(H2,23,24,25). The molecule has 2 aromatic rings. The first kappa shape index (κ1) is 19.1. The minimum absolute atomic E-state index is 0.218. The van der Waals surface area contributed by atoms with E-state index in [0.717, 1.165) is 53.7 Å². The molecule has 4 rings (SSSR count). The molecule has 7 heteroatoms. The number of amides is 1. The van der Waals surface area contributed by atoms with Gasteiger partial charge in [0.05, 0.1) is 0 Å². The van der Waals surface area contributed by atoms with Crippen LogP contribution >= 0.6 is 0 Å². The van der Waals surface area contributed by atoms with Crippen molar-refractivity contribution >= 4 is 17.6 Å². The molecule has 0 saturated carbocycles. The number of carbonyl (C=O) groups excluding carboxylic acids is 1. The summed E-state index contributed by atoms with van der Waals surface area (Å²) in [5, 5.41) is 6.62. The third-order valence-corrected chi connectivity index (χ3v) is 5.15. The van der Waals surface area contributed by atoms with Crippen LogP contribution in [0.25, 0.3) is 0 Å². The Bertz CT molecular complexity index is 895. The van der Waals surface area contributed by atoms with Crippen LogP contribution in [-0.2, 0) is 17.9 Å². The minimum atomic E-state index is 0.218. The molecule has 0 radical (unpaired) electrons. The molecule has 0 unspecified atom stereocenters. The Balaban J connectivity index is 1.28. The number of hydrogen-bond acceptors (Lipinski definition) is 4. The van der Waals surface area contributed by atoms with E-state index in [9.17, 15) is 4.79 Å². The van der Waals surface area contributed by atoms with E-state index in [4.69, 9.17) is 9.47 Å². The monoisotopic (exact) mass is 394 g/mol. The molecule has 2 N–H and O–H groups in total. The van der Waals surface area contributed by atoms with Crippen molar-refractivity contribution in [3.63, 3.8) is 0 Å². The van der Waals surface area contributed by atoms with Crippen LogP contribution in [0.5, 0.6) is 11.5 Å². The first-order valence-electron chi connectivity index (χ1n) is 9.95. The number of nitrogens with one attached hydrogen (secondary N) is 2. The van der Waals surface area contributed by atoms with Crippen LogP contribution in [0.4, 0.5) is 5.69 Å². The van der Waals surface area contributed by atoms with Crippen LogP contribution in [0, 0.1) is 0 Å². The van der Waals surface area contributed by atoms with E-state index >= 15 is 0 Å². The molecule has 2 aliphatic rings. The molecule has 2 heterocycles. The van der Waals surface area contributed by atoms with Gasteiger partial charge in [-0.3, -0.25) is 9.79 Å². The molecule has 0 aromatic heterocycles. The number of carbonyl (C=O) groups is 1. The van der Waals surface area contributed by atoms with Crippen molar-refractivity contribution < 1.29 is 14.3 Å². The van der Waals surface area contributed by atoms with E-state index < -0.39 is 0 Å². The summed E-state index contributed by atoms with van der Waals surface area (Å²) in [6, 6.07) is 14.0. The molecule has 1 saturated heterocycles. The fourth-order valence-electron chi connectivity index (χ4n) is 3.52. The molecule has 2 aromatic carbocycles. The van der Waals surface area contributed by atoms with Crippen molar-refractivity contribution in [3.05, 3.63) is 53.6 Å². The molecule has 7 nitrogen and oxygen atoms in total. The third kappa shape index (κ3) is 4.62. The number of piperidine rings is 1. The van der Waals surface area contributed by atoms with Crippen LogP contribution in [0.3, 0.4) is 0 Å². The van der Waals surface area contributed by atoms with Gasteiger partial charge in [0.15, 0.2) is 17.5 Å². The lowest BCUT2D eigenvalue weighted by molar-refractivity contribution is -0.119. The number of benzene rings is 2. The van der Waals surface area contributed by atoms with Gasteiger partial charge in [0.1, 0.15) is 0 Å². The Morgan fingerprint density at radius 3 is 2.48 bits per heavy atom.